The topological polar surface area (TPSA) is 58.3 Å². The second-order valence-corrected chi connectivity index (χ2v) is 5.36. The lowest BCUT2D eigenvalue weighted by Crippen LogP contribution is -2.37. The Labute approximate surface area is 96.9 Å². The van der Waals surface area contributed by atoms with Crippen LogP contribution in [0.2, 0.25) is 0 Å². The van der Waals surface area contributed by atoms with Crippen LogP contribution in [0.3, 0.4) is 0 Å². The van der Waals surface area contributed by atoms with E-state index >= 15 is 0 Å². The Bertz CT molecular complexity index is 328. The molecule has 0 aliphatic carbocycles. The van der Waals surface area contributed by atoms with E-state index in [9.17, 15) is 10.2 Å². The number of hydrogen-bond donors (Lipinski definition) is 2. The number of nitrogens with zero attached hydrogens (tertiary/aromatic N) is 2. The van der Waals surface area contributed by atoms with E-state index in [0.717, 1.165) is 12.1 Å². The molecule has 2 unspecified atom stereocenters. The molecule has 0 aromatic carbocycles. The number of aryl methyl sites for hydroxylation is 2. The summed E-state index contributed by atoms with van der Waals surface area (Å²) in [6, 6.07) is 1.93. The predicted octanol–water partition coefficient (Wildman–Crippen LogP) is 1.12. The lowest BCUT2D eigenvalue weighted by atomic mass is 9.84. The smallest absolute Gasteiger partial charge is 0.0847 e. The van der Waals surface area contributed by atoms with Crippen molar-refractivity contribution in [3.63, 3.8) is 0 Å². The fourth-order valence-electron chi connectivity index (χ4n) is 1.68. The Morgan fingerprint density at radius 3 is 2.44 bits per heavy atom. The van der Waals surface area contributed by atoms with Crippen molar-refractivity contribution in [2.75, 3.05) is 0 Å². The highest BCUT2D eigenvalue weighted by atomic mass is 16.3. The average molecular weight is 226 g/mol. The normalized spacial score (nSPS) is 16.1. The molecule has 0 amide bonds. The van der Waals surface area contributed by atoms with E-state index in [1.54, 1.807) is 10.9 Å². The van der Waals surface area contributed by atoms with Crippen molar-refractivity contribution < 1.29 is 10.2 Å². The highest BCUT2D eigenvalue weighted by Gasteiger charge is 2.28. The highest BCUT2D eigenvalue weighted by molar-refractivity contribution is 5.00. The molecule has 1 aromatic heterocycles. The maximum atomic E-state index is 9.88. The summed E-state index contributed by atoms with van der Waals surface area (Å²) in [5, 5.41) is 23.8. The number of hydrogen-bond acceptors (Lipinski definition) is 3. The van der Waals surface area contributed by atoms with Crippen molar-refractivity contribution >= 4 is 0 Å². The molecule has 92 valence electrons. The standard InChI is InChI=1S/C12H22N2O2/c1-12(2,3)11(16)10(15)6-5-9-7-8-13-14(9)4/h7-8,10-11,15-16H,5-6H2,1-4H3. The molecule has 16 heavy (non-hydrogen) atoms. The van der Waals surface area contributed by atoms with Gasteiger partial charge in [-0.05, 0) is 24.3 Å². The average Bonchev–Trinajstić information content (AvgIpc) is 2.58. The number of aliphatic hydroxyl groups is 2. The molecule has 0 aliphatic heterocycles. The lowest BCUT2D eigenvalue weighted by Gasteiger charge is -2.29. The van der Waals surface area contributed by atoms with Crippen LogP contribution in [-0.4, -0.2) is 32.2 Å². The van der Waals surface area contributed by atoms with Crippen LogP contribution in [0.15, 0.2) is 12.3 Å². The molecule has 0 aliphatic rings. The molecule has 4 heteroatoms. The quantitative estimate of drug-likeness (QED) is 0.809. The lowest BCUT2D eigenvalue weighted by molar-refractivity contribution is -0.0472. The molecule has 1 heterocycles. The number of aliphatic hydroxyl groups excluding tert-OH is 2. The van der Waals surface area contributed by atoms with Gasteiger partial charge in [0.05, 0.1) is 12.2 Å². The summed E-state index contributed by atoms with van der Waals surface area (Å²) in [5.41, 5.74) is 0.784. The molecule has 0 spiro atoms. The zero-order chi connectivity index (χ0) is 12.3. The number of aromatic nitrogens is 2. The van der Waals surface area contributed by atoms with Crippen LogP contribution in [0.25, 0.3) is 0 Å². The minimum absolute atomic E-state index is 0.286. The van der Waals surface area contributed by atoms with E-state index in [-0.39, 0.29) is 5.41 Å². The fraction of sp³-hybridized carbons (Fsp3) is 0.750. The third-order valence-corrected chi connectivity index (χ3v) is 2.87. The fourth-order valence-corrected chi connectivity index (χ4v) is 1.68. The summed E-state index contributed by atoms with van der Waals surface area (Å²) in [7, 11) is 1.88. The molecule has 1 rings (SSSR count). The Morgan fingerprint density at radius 1 is 1.38 bits per heavy atom. The van der Waals surface area contributed by atoms with E-state index in [1.165, 1.54) is 0 Å². The van der Waals surface area contributed by atoms with E-state index < -0.39 is 12.2 Å². The van der Waals surface area contributed by atoms with Crippen LogP contribution in [0.5, 0.6) is 0 Å². The highest BCUT2D eigenvalue weighted by Crippen LogP contribution is 2.23. The van der Waals surface area contributed by atoms with Gasteiger partial charge in [0.25, 0.3) is 0 Å². The Hall–Kier alpha value is -0.870. The van der Waals surface area contributed by atoms with Gasteiger partial charge in [-0.15, -0.1) is 0 Å². The van der Waals surface area contributed by atoms with Gasteiger partial charge in [0.15, 0.2) is 0 Å². The van der Waals surface area contributed by atoms with Crippen molar-refractivity contribution in [3.8, 4) is 0 Å². The Kier molecular flexibility index (Phi) is 4.10. The SMILES string of the molecule is Cn1nccc1CCC(O)C(O)C(C)(C)C. The van der Waals surface area contributed by atoms with Crippen molar-refractivity contribution in [1.29, 1.82) is 0 Å². The van der Waals surface area contributed by atoms with Crippen molar-refractivity contribution in [1.82, 2.24) is 9.78 Å². The van der Waals surface area contributed by atoms with Gasteiger partial charge in [0.2, 0.25) is 0 Å². The van der Waals surface area contributed by atoms with Crippen LogP contribution in [0.4, 0.5) is 0 Å². The van der Waals surface area contributed by atoms with Gasteiger partial charge < -0.3 is 10.2 Å². The summed E-state index contributed by atoms with van der Waals surface area (Å²) in [6.07, 6.45) is 1.64. The second kappa shape index (κ2) is 4.97. The van der Waals surface area contributed by atoms with E-state index in [4.69, 9.17) is 0 Å². The molecular formula is C12H22N2O2. The molecule has 0 radical (unpaired) electrons. The van der Waals surface area contributed by atoms with Gasteiger partial charge in [-0.3, -0.25) is 4.68 Å². The number of rotatable bonds is 4. The van der Waals surface area contributed by atoms with Crippen LogP contribution < -0.4 is 0 Å². The first kappa shape index (κ1) is 13.2. The van der Waals surface area contributed by atoms with Crippen LogP contribution >= 0.6 is 0 Å². The van der Waals surface area contributed by atoms with Gasteiger partial charge in [0, 0.05) is 18.9 Å². The summed E-state index contributed by atoms with van der Waals surface area (Å²) in [4.78, 5) is 0. The van der Waals surface area contributed by atoms with Gasteiger partial charge >= 0.3 is 0 Å². The molecule has 0 bridgehead atoms. The first-order valence-corrected chi connectivity index (χ1v) is 5.65. The Morgan fingerprint density at radius 2 is 2.00 bits per heavy atom. The van der Waals surface area contributed by atoms with E-state index in [1.807, 2.05) is 33.9 Å². The van der Waals surface area contributed by atoms with Gasteiger partial charge in [0.1, 0.15) is 0 Å². The third-order valence-electron chi connectivity index (χ3n) is 2.87. The largest absolute Gasteiger partial charge is 0.390 e. The molecule has 0 fully saturated rings. The molecule has 2 atom stereocenters. The third kappa shape index (κ3) is 3.32. The van der Waals surface area contributed by atoms with Crippen LogP contribution in [0, 0.1) is 5.41 Å². The first-order valence-electron chi connectivity index (χ1n) is 5.65. The second-order valence-electron chi connectivity index (χ2n) is 5.36. The van der Waals surface area contributed by atoms with Crippen LogP contribution in [0.1, 0.15) is 32.9 Å². The van der Waals surface area contributed by atoms with Gasteiger partial charge in [-0.25, -0.2) is 0 Å². The van der Waals surface area contributed by atoms with Crippen molar-refractivity contribution in [3.05, 3.63) is 18.0 Å². The van der Waals surface area contributed by atoms with E-state index in [2.05, 4.69) is 5.10 Å². The molecular weight excluding hydrogens is 204 g/mol. The first-order chi connectivity index (χ1) is 7.32. The zero-order valence-electron chi connectivity index (χ0n) is 10.5. The molecule has 0 saturated carbocycles. The van der Waals surface area contributed by atoms with Gasteiger partial charge in [-0.1, -0.05) is 20.8 Å². The van der Waals surface area contributed by atoms with Crippen LogP contribution in [-0.2, 0) is 13.5 Å². The minimum Gasteiger partial charge on any atom is -0.390 e. The maximum Gasteiger partial charge on any atom is 0.0847 e. The monoisotopic (exact) mass is 226 g/mol. The summed E-state index contributed by atoms with van der Waals surface area (Å²) in [5.74, 6) is 0. The Balaban J connectivity index is 2.47. The maximum absolute atomic E-state index is 9.88. The predicted molar refractivity (Wildman–Crippen MR) is 63.0 cm³/mol. The van der Waals surface area contributed by atoms with Crippen molar-refractivity contribution in [2.24, 2.45) is 12.5 Å². The molecule has 0 saturated heterocycles. The summed E-state index contributed by atoms with van der Waals surface area (Å²) in [6.45, 7) is 5.76. The van der Waals surface area contributed by atoms with Gasteiger partial charge in [-0.2, -0.15) is 5.10 Å². The molecule has 2 N–H and O–H groups in total. The summed E-state index contributed by atoms with van der Waals surface area (Å²) >= 11 is 0. The van der Waals surface area contributed by atoms with Crippen molar-refractivity contribution in [2.45, 2.75) is 45.8 Å². The molecule has 4 nitrogen and oxygen atoms in total. The molecule has 1 aromatic rings. The minimum atomic E-state index is -0.694. The van der Waals surface area contributed by atoms with E-state index in [0.29, 0.717) is 6.42 Å². The summed E-state index contributed by atoms with van der Waals surface area (Å²) < 4.78 is 1.79. The zero-order valence-corrected chi connectivity index (χ0v) is 10.5.